The van der Waals surface area contributed by atoms with E-state index in [1.165, 1.54) is 18.2 Å². The fourth-order valence-corrected chi connectivity index (χ4v) is 3.86. The van der Waals surface area contributed by atoms with Crippen LogP contribution in [-0.4, -0.2) is 25.2 Å². The van der Waals surface area contributed by atoms with Crippen molar-refractivity contribution in [2.45, 2.75) is 39.0 Å². The lowest BCUT2D eigenvalue weighted by molar-refractivity contribution is -0.144. The third-order valence-corrected chi connectivity index (χ3v) is 5.17. The van der Waals surface area contributed by atoms with E-state index < -0.39 is 35.7 Å². The van der Waals surface area contributed by atoms with Gasteiger partial charge < -0.3 is 14.8 Å². The molecule has 1 atom stereocenters. The lowest BCUT2D eigenvalue weighted by Gasteiger charge is -2.33. The minimum Gasteiger partial charge on any atom is -0.466 e. The zero-order valence-electron chi connectivity index (χ0n) is 18.6. The van der Waals surface area contributed by atoms with Crippen LogP contribution < -0.4 is 5.32 Å². The molecule has 33 heavy (non-hydrogen) atoms. The smallest absolute Gasteiger partial charge is 0.416 e. The van der Waals surface area contributed by atoms with Gasteiger partial charge in [-0.25, -0.2) is 9.59 Å². The largest absolute Gasteiger partial charge is 0.466 e. The van der Waals surface area contributed by atoms with Gasteiger partial charge in [0.2, 0.25) is 0 Å². The van der Waals surface area contributed by atoms with Crippen LogP contribution in [0.1, 0.15) is 43.4 Å². The maximum Gasteiger partial charge on any atom is 0.416 e. The molecule has 2 aromatic rings. The molecule has 2 aromatic carbocycles. The van der Waals surface area contributed by atoms with Crippen LogP contribution in [0.3, 0.4) is 0 Å². The van der Waals surface area contributed by atoms with Gasteiger partial charge in [0.15, 0.2) is 0 Å². The van der Waals surface area contributed by atoms with Crippen LogP contribution in [0.25, 0.3) is 5.70 Å². The maximum absolute atomic E-state index is 14.0. The summed E-state index contributed by atoms with van der Waals surface area (Å²) in [5.74, 6) is -3.03. The van der Waals surface area contributed by atoms with Gasteiger partial charge in [-0.15, -0.1) is 0 Å². The van der Waals surface area contributed by atoms with Crippen molar-refractivity contribution >= 4 is 17.6 Å². The number of benzene rings is 2. The standard InChI is InChI=1S/C25H24F3NO4/c1-14(2)33-24(31)19-15(3)29-22(16-10-6-5-7-11-16)21(23(30)32-4)20(19)17-12-8-9-13-18(17)25(26,27)28/h5-14,20,29H,1-4H3. The average molecular weight is 459 g/mol. The van der Waals surface area contributed by atoms with Crippen molar-refractivity contribution < 1.29 is 32.2 Å². The van der Waals surface area contributed by atoms with Gasteiger partial charge in [0.05, 0.1) is 41.5 Å². The third kappa shape index (κ3) is 4.94. The minimum absolute atomic E-state index is 0.0829. The second-order valence-electron chi connectivity index (χ2n) is 7.78. The van der Waals surface area contributed by atoms with Gasteiger partial charge in [0, 0.05) is 5.70 Å². The monoisotopic (exact) mass is 459 g/mol. The molecular formula is C25H24F3NO4. The van der Waals surface area contributed by atoms with Crippen molar-refractivity contribution in [3.05, 3.63) is 88.1 Å². The summed E-state index contributed by atoms with van der Waals surface area (Å²) in [4.78, 5) is 26.1. The van der Waals surface area contributed by atoms with Crippen LogP contribution in [0.2, 0.25) is 0 Å². The number of hydrogen-bond acceptors (Lipinski definition) is 5. The highest BCUT2D eigenvalue weighted by Crippen LogP contribution is 2.46. The Morgan fingerprint density at radius 1 is 0.939 bits per heavy atom. The Hall–Kier alpha value is -3.55. The van der Waals surface area contributed by atoms with Crippen molar-refractivity contribution in [1.82, 2.24) is 5.32 Å². The molecule has 1 aliphatic heterocycles. The fourth-order valence-electron chi connectivity index (χ4n) is 3.86. The number of ether oxygens (including phenoxy) is 2. The van der Waals surface area contributed by atoms with Crippen LogP contribution >= 0.6 is 0 Å². The number of carbonyl (C=O) groups is 2. The van der Waals surface area contributed by atoms with E-state index in [9.17, 15) is 22.8 Å². The molecule has 0 saturated heterocycles. The minimum atomic E-state index is -4.71. The first-order valence-electron chi connectivity index (χ1n) is 10.3. The number of rotatable bonds is 5. The van der Waals surface area contributed by atoms with E-state index in [1.54, 1.807) is 51.1 Å². The highest BCUT2D eigenvalue weighted by molar-refractivity contribution is 6.05. The molecule has 3 rings (SSSR count). The molecular weight excluding hydrogens is 435 g/mol. The summed E-state index contributed by atoms with van der Waals surface area (Å²) in [6, 6.07) is 13.6. The molecule has 1 heterocycles. The third-order valence-electron chi connectivity index (χ3n) is 5.17. The van der Waals surface area contributed by atoms with Crippen LogP contribution in [-0.2, 0) is 25.2 Å². The highest BCUT2D eigenvalue weighted by Gasteiger charge is 2.44. The van der Waals surface area contributed by atoms with Gasteiger partial charge in [-0.1, -0.05) is 48.5 Å². The van der Waals surface area contributed by atoms with E-state index in [-0.39, 0.29) is 28.1 Å². The number of hydrogen-bond donors (Lipinski definition) is 1. The van der Waals surface area contributed by atoms with Gasteiger partial charge in [-0.3, -0.25) is 0 Å². The predicted molar refractivity (Wildman–Crippen MR) is 117 cm³/mol. The molecule has 0 saturated carbocycles. The van der Waals surface area contributed by atoms with Crippen molar-refractivity contribution in [2.24, 2.45) is 0 Å². The molecule has 0 aliphatic carbocycles. The molecule has 5 nitrogen and oxygen atoms in total. The maximum atomic E-state index is 14.0. The van der Waals surface area contributed by atoms with Gasteiger partial charge in [-0.2, -0.15) is 13.2 Å². The van der Waals surface area contributed by atoms with Gasteiger partial charge in [0.1, 0.15) is 0 Å². The normalized spacial score (nSPS) is 16.5. The SMILES string of the molecule is COC(=O)C1=C(c2ccccc2)NC(C)=C(C(=O)OC(C)C)C1c1ccccc1C(F)(F)F. The van der Waals surface area contributed by atoms with Crippen molar-refractivity contribution in [2.75, 3.05) is 7.11 Å². The Morgan fingerprint density at radius 3 is 2.12 bits per heavy atom. The van der Waals surface area contributed by atoms with Gasteiger partial charge in [0.25, 0.3) is 0 Å². The number of esters is 2. The van der Waals surface area contributed by atoms with E-state index in [0.717, 1.165) is 13.2 Å². The number of halogens is 3. The number of methoxy groups -OCH3 is 1. The van der Waals surface area contributed by atoms with Crippen molar-refractivity contribution in [1.29, 1.82) is 0 Å². The summed E-state index contributed by atoms with van der Waals surface area (Å²) in [7, 11) is 1.14. The zero-order valence-corrected chi connectivity index (χ0v) is 18.6. The number of nitrogens with one attached hydrogen (secondary N) is 1. The first kappa shape index (κ1) is 24.1. The predicted octanol–water partition coefficient (Wildman–Crippen LogP) is 5.20. The summed E-state index contributed by atoms with van der Waals surface area (Å²) in [5.41, 5.74) is -0.272. The zero-order chi connectivity index (χ0) is 24.3. The Morgan fingerprint density at radius 2 is 1.55 bits per heavy atom. The van der Waals surface area contributed by atoms with E-state index in [4.69, 9.17) is 9.47 Å². The topological polar surface area (TPSA) is 64.6 Å². The fraction of sp³-hybridized carbons (Fsp3) is 0.280. The van der Waals surface area contributed by atoms with E-state index in [2.05, 4.69) is 5.32 Å². The second-order valence-corrected chi connectivity index (χ2v) is 7.78. The van der Waals surface area contributed by atoms with E-state index >= 15 is 0 Å². The molecule has 0 amide bonds. The van der Waals surface area contributed by atoms with E-state index in [1.807, 2.05) is 0 Å². The van der Waals surface area contributed by atoms with Crippen LogP contribution in [0.15, 0.2) is 71.4 Å². The summed E-state index contributed by atoms with van der Waals surface area (Å²) >= 11 is 0. The lowest BCUT2D eigenvalue weighted by atomic mass is 9.77. The molecule has 0 bridgehead atoms. The molecule has 1 N–H and O–H groups in total. The molecule has 0 aromatic heterocycles. The molecule has 0 fully saturated rings. The molecule has 0 spiro atoms. The first-order chi connectivity index (χ1) is 15.6. The summed E-state index contributed by atoms with van der Waals surface area (Å²) in [6.45, 7) is 4.83. The summed E-state index contributed by atoms with van der Waals surface area (Å²) in [5, 5.41) is 3.04. The number of alkyl halides is 3. The van der Waals surface area contributed by atoms with E-state index in [0.29, 0.717) is 5.56 Å². The Labute approximate surface area is 189 Å². The summed E-state index contributed by atoms with van der Waals surface area (Å²) < 4.78 is 52.3. The number of carbonyl (C=O) groups excluding carboxylic acids is 2. The molecule has 8 heteroatoms. The summed E-state index contributed by atoms with van der Waals surface area (Å²) in [6.07, 6.45) is -5.23. The molecule has 0 radical (unpaired) electrons. The second kappa shape index (κ2) is 9.52. The highest BCUT2D eigenvalue weighted by atomic mass is 19.4. The quantitative estimate of drug-likeness (QED) is 0.623. The van der Waals surface area contributed by atoms with Crippen LogP contribution in [0.5, 0.6) is 0 Å². The van der Waals surface area contributed by atoms with Gasteiger partial charge >= 0.3 is 18.1 Å². The number of allylic oxidation sites excluding steroid dienone is 1. The molecule has 1 aliphatic rings. The molecule has 174 valence electrons. The van der Waals surface area contributed by atoms with Crippen LogP contribution in [0.4, 0.5) is 13.2 Å². The molecule has 1 unspecified atom stereocenters. The lowest BCUT2D eigenvalue weighted by Crippen LogP contribution is -2.34. The van der Waals surface area contributed by atoms with Crippen molar-refractivity contribution in [3.8, 4) is 0 Å². The number of dihydropyridines is 1. The van der Waals surface area contributed by atoms with Crippen LogP contribution in [0, 0.1) is 0 Å². The van der Waals surface area contributed by atoms with Crippen molar-refractivity contribution in [3.63, 3.8) is 0 Å². The Kier molecular flexibility index (Phi) is 6.95. The average Bonchev–Trinajstić information content (AvgIpc) is 2.77. The first-order valence-corrected chi connectivity index (χ1v) is 10.3. The Bertz CT molecular complexity index is 1120. The Balaban J connectivity index is 2.38. The van der Waals surface area contributed by atoms with Gasteiger partial charge in [-0.05, 0) is 38.0 Å².